The van der Waals surface area contributed by atoms with Crippen LogP contribution in [0.5, 0.6) is 11.5 Å². The highest BCUT2D eigenvalue weighted by Gasteiger charge is 2.09. The van der Waals surface area contributed by atoms with Crippen molar-refractivity contribution in [2.45, 2.75) is 6.92 Å². The predicted molar refractivity (Wildman–Crippen MR) is 79.0 cm³/mol. The van der Waals surface area contributed by atoms with Crippen LogP contribution in [0, 0.1) is 6.92 Å². The lowest BCUT2D eigenvalue weighted by molar-refractivity contribution is 0.0921. The van der Waals surface area contributed by atoms with Crippen LogP contribution in [0.3, 0.4) is 0 Å². The number of carbonyl (C=O) groups is 1. The van der Waals surface area contributed by atoms with Crippen LogP contribution >= 0.6 is 11.6 Å². The molecule has 0 saturated carbocycles. The molecule has 0 aliphatic heterocycles. The largest absolute Gasteiger partial charge is 0.497 e. The third-order valence-corrected chi connectivity index (χ3v) is 3.13. The van der Waals surface area contributed by atoms with Crippen LogP contribution in [0.25, 0.3) is 0 Å². The summed E-state index contributed by atoms with van der Waals surface area (Å²) in [6.45, 7) is 1.88. The van der Waals surface area contributed by atoms with Gasteiger partial charge < -0.3 is 9.47 Å². The maximum atomic E-state index is 12.0. The number of ether oxygens (including phenoxy) is 2. The summed E-state index contributed by atoms with van der Waals surface area (Å²) in [5.41, 5.74) is 1.59. The highest BCUT2D eigenvalue weighted by Crippen LogP contribution is 2.25. The maximum absolute atomic E-state index is 12.0. The van der Waals surface area contributed by atoms with Crippen LogP contribution in [0.15, 0.2) is 42.5 Å². The number of Topliss-reactive ketones (excluding diaryl/α,β-unsaturated/α-hetero) is 1. The van der Waals surface area contributed by atoms with Gasteiger partial charge in [0.25, 0.3) is 0 Å². The molecule has 2 rings (SSSR count). The first-order valence-corrected chi connectivity index (χ1v) is 6.54. The first-order valence-electron chi connectivity index (χ1n) is 6.16. The molecule has 0 bridgehead atoms. The molecule has 0 N–H and O–H groups in total. The fourth-order valence-electron chi connectivity index (χ4n) is 1.75. The molecule has 4 heteroatoms. The van der Waals surface area contributed by atoms with Gasteiger partial charge >= 0.3 is 0 Å². The third-order valence-electron chi connectivity index (χ3n) is 2.84. The van der Waals surface area contributed by atoms with Crippen molar-refractivity contribution in [3.8, 4) is 11.5 Å². The zero-order valence-corrected chi connectivity index (χ0v) is 12.1. The van der Waals surface area contributed by atoms with E-state index in [9.17, 15) is 4.79 Å². The van der Waals surface area contributed by atoms with Gasteiger partial charge in [0, 0.05) is 5.56 Å². The van der Waals surface area contributed by atoms with Crippen molar-refractivity contribution in [2.75, 3.05) is 13.7 Å². The minimum absolute atomic E-state index is 0.0596. The van der Waals surface area contributed by atoms with E-state index in [4.69, 9.17) is 21.1 Å². The molecule has 0 unspecified atom stereocenters. The Hall–Kier alpha value is -2.00. The van der Waals surface area contributed by atoms with Crippen molar-refractivity contribution in [3.05, 3.63) is 58.6 Å². The number of benzene rings is 2. The van der Waals surface area contributed by atoms with E-state index in [-0.39, 0.29) is 12.4 Å². The van der Waals surface area contributed by atoms with E-state index >= 15 is 0 Å². The van der Waals surface area contributed by atoms with Crippen molar-refractivity contribution < 1.29 is 14.3 Å². The van der Waals surface area contributed by atoms with Crippen LogP contribution in [-0.2, 0) is 0 Å². The van der Waals surface area contributed by atoms with E-state index in [0.29, 0.717) is 22.1 Å². The van der Waals surface area contributed by atoms with Crippen molar-refractivity contribution in [2.24, 2.45) is 0 Å². The number of hydrogen-bond acceptors (Lipinski definition) is 3. The van der Waals surface area contributed by atoms with Crippen LogP contribution in [0.4, 0.5) is 0 Å². The first kappa shape index (κ1) is 14.4. The number of aryl methyl sites for hydroxylation is 1. The van der Waals surface area contributed by atoms with Gasteiger partial charge in [-0.2, -0.15) is 0 Å². The molecule has 0 fully saturated rings. The zero-order chi connectivity index (χ0) is 14.5. The highest BCUT2D eigenvalue weighted by atomic mass is 35.5. The van der Waals surface area contributed by atoms with Crippen LogP contribution < -0.4 is 9.47 Å². The molecule has 0 heterocycles. The molecule has 0 spiro atoms. The second-order valence-corrected chi connectivity index (χ2v) is 4.78. The number of ketones is 1. The van der Waals surface area contributed by atoms with E-state index in [1.807, 2.05) is 13.0 Å². The number of halogens is 1. The fourth-order valence-corrected chi connectivity index (χ4v) is 2.04. The zero-order valence-electron chi connectivity index (χ0n) is 11.4. The highest BCUT2D eigenvalue weighted by molar-refractivity contribution is 6.32. The minimum atomic E-state index is -0.124. The Balaban J connectivity index is 2.04. The Kier molecular flexibility index (Phi) is 4.64. The number of carbonyl (C=O) groups excluding carboxylic acids is 1. The smallest absolute Gasteiger partial charge is 0.200 e. The SMILES string of the molecule is COc1cccc(C(=O)COc2ccc(C)cc2Cl)c1. The molecular formula is C16H15ClO3. The molecule has 2 aromatic carbocycles. The van der Waals surface area contributed by atoms with Gasteiger partial charge in [-0.25, -0.2) is 0 Å². The van der Waals surface area contributed by atoms with Gasteiger partial charge in [-0.3, -0.25) is 4.79 Å². The lowest BCUT2D eigenvalue weighted by Crippen LogP contribution is -2.11. The lowest BCUT2D eigenvalue weighted by atomic mass is 10.1. The van der Waals surface area contributed by atoms with E-state index < -0.39 is 0 Å². The van der Waals surface area contributed by atoms with Gasteiger partial charge in [-0.1, -0.05) is 29.8 Å². The average molecular weight is 291 g/mol. The number of methoxy groups -OCH3 is 1. The van der Waals surface area contributed by atoms with Gasteiger partial charge in [0.1, 0.15) is 11.5 Å². The predicted octanol–water partition coefficient (Wildman–Crippen LogP) is 3.92. The van der Waals surface area contributed by atoms with Crippen molar-refractivity contribution in [1.29, 1.82) is 0 Å². The molecule has 0 amide bonds. The number of rotatable bonds is 5. The maximum Gasteiger partial charge on any atom is 0.200 e. The average Bonchev–Trinajstić information content (AvgIpc) is 2.46. The summed E-state index contributed by atoms with van der Waals surface area (Å²) in [4.78, 5) is 12.0. The summed E-state index contributed by atoms with van der Waals surface area (Å²) in [5.74, 6) is 1.03. The van der Waals surface area contributed by atoms with Crippen LogP contribution in [-0.4, -0.2) is 19.5 Å². The van der Waals surface area contributed by atoms with E-state index in [0.717, 1.165) is 5.56 Å². The molecular weight excluding hydrogens is 276 g/mol. The van der Waals surface area contributed by atoms with Crippen LogP contribution in [0.2, 0.25) is 5.02 Å². The molecule has 0 saturated heterocycles. The third kappa shape index (κ3) is 3.52. The fraction of sp³-hybridized carbons (Fsp3) is 0.188. The summed E-state index contributed by atoms with van der Waals surface area (Å²) in [7, 11) is 1.56. The summed E-state index contributed by atoms with van der Waals surface area (Å²) < 4.78 is 10.5. The lowest BCUT2D eigenvalue weighted by Gasteiger charge is -2.08. The monoisotopic (exact) mass is 290 g/mol. The van der Waals surface area contributed by atoms with Crippen molar-refractivity contribution >= 4 is 17.4 Å². The normalized spacial score (nSPS) is 10.2. The molecule has 0 aliphatic rings. The topological polar surface area (TPSA) is 35.5 Å². The summed E-state index contributed by atoms with van der Waals surface area (Å²) >= 11 is 6.05. The standard InChI is InChI=1S/C16H15ClO3/c1-11-6-7-16(14(17)8-11)20-10-15(18)12-4-3-5-13(9-12)19-2/h3-9H,10H2,1-2H3. The van der Waals surface area contributed by atoms with Gasteiger partial charge in [-0.15, -0.1) is 0 Å². The Bertz CT molecular complexity index is 623. The van der Waals surface area contributed by atoms with Gasteiger partial charge in [-0.05, 0) is 36.8 Å². The molecule has 0 radical (unpaired) electrons. The second-order valence-electron chi connectivity index (χ2n) is 4.38. The summed E-state index contributed by atoms with van der Waals surface area (Å²) in [5, 5.41) is 0.503. The first-order chi connectivity index (χ1) is 9.60. The van der Waals surface area contributed by atoms with Crippen LogP contribution in [0.1, 0.15) is 15.9 Å². The summed E-state index contributed by atoms with van der Waals surface area (Å²) in [6, 6.07) is 12.4. The van der Waals surface area contributed by atoms with Gasteiger partial charge in [0.15, 0.2) is 12.4 Å². The van der Waals surface area contributed by atoms with Gasteiger partial charge in [0.05, 0.1) is 12.1 Å². The number of hydrogen-bond donors (Lipinski definition) is 0. The Morgan fingerprint density at radius 2 is 2.00 bits per heavy atom. The minimum Gasteiger partial charge on any atom is -0.497 e. The Morgan fingerprint density at radius 1 is 1.20 bits per heavy atom. The van der Waals surface area contributed by atoms with E-state index in [1.54, 1.807) is 43.5 Å². The Labute approximate surface area is 123 Å². The molecule has 20 heavy (non-hydrogen) atoms. The summed E-state index contributed by atoms with van der Waals surface area (Å²) in [6.07, 6.45) is 0. The van der Waals surface area contributed by atoms with Gasteiger partial charge in [0.2, 0.25) is 0 Å². The molecule has 2 aromatic rings. The van der Waals surface area contributed by atoms with E-state index in [2.05, 4.69) is 0 Å². The van der Waals surface area contributed by atoms with E-state index in [1.165, 1.54) is 0 Å². The van der Waals surface area contributed by atoms with Crippen molar-refractivity contribution in [3.63, 3.8) is 0 Å². The molecule has 0 aliphatic carbocycles. The van der Waals surface area contributed by atoms with Crippen molar-refractivity contribution in [1.82, 2.24) is 0 Å². The molecule has 104 valence electrons. The second kappa shape index (κ2) is 6.44. The molecule has 0 atom stereocenters. The quantitative estimate of drug-likeness (QED) is 0.783. The molecule has 3 nitrogen and oxygen atoms in total. The Morgan fingerprint density at radius 3 is 2.70 bits per heavy atom. The molecule has 0 aromatic heterocycles.